The van der Waals surface area contributed by atoms with Gasteiger partial charge in [-0.3, -0.25) is 0 Å². The Hall–Kier alpha value is -2.83. The van der Waals surface area contributed by atoms with Crippen molar-refractivity contribution in [3.63, 3.8) is 0 Å². The summed E-state index contributed by atoms with van der Waals surface area (Å²) < 4.78 is 55.0. The summed E-state index contributed by atoms with van der Waals surface area (Å²) >= 11 is 0. The molecule has 1 aliphatic rings. The Labute approximate surface area is 199 Å². The first kappa shape index (κ1) is 24.3. The molecule has 0 N–H and O–H groups in total. The van der Waals surface area contributed by atoms with Crippen molar-refractivity contribution in [2.75, 3.05) is 13.2 Å². The van der Waals surface area contributed by atoms with E-state index in [0.29, 0.717) is 35.8 Å². The summed E-state index contributed by atoms with van der Waals surface area (Å²) in [7, 11) is 5.44. The molecule has 0 amide bonds. The lowest BCUT2D eigenvalue weighted by Gasteiger charge is -2.29. The molecular weight excluding hydrogens is 436 g/mol. The number of hydrogen-bond donors (Lipinski definition) is 0. The molecular formula is C28H26BF3O2. The molecule has 0 atom stereocenters. The number of allylic oxidation sites excluding steroid dienone is 2. The van der Waals surface area contributed by atoms with Crippen LogP contribution in [0.3, 0.4) is 0 Å². The lowest BCUT2D eigenvalue weighted by Crippen LogP contribution is -2.27. The largest absolute Gasteiger partial charge is 0.348 e. The van der Waals surface area contributed by atoms with Gasteiger partial charge in [0, 0.05) is 17.0 Å². The zero-order valence-corrected chi connectivity index (χ0v) is 19.1. The highest BCUT2D eigenvalue weighted by Crippen LogP contribution is 2.33. The summed E-state index contributed by atoms with van der Waals surface area (Å²) in [5.74, 6) is -1.97. The third-order valence-corrected chi connectivity index (χ3v) is 6.11. The molecule has 3 aromatic carbocycles. The zero-order valence-electron chi connectivity index (χ0n) is 19.1. The highest BCUT2D eigenvalue weighted by molar-refractivity contribution is 6.08. The number of hydrogen-bond acceptors (Lipinski definition) is 2. The Bertz CT molecular complexity index is 1150. The molecule has 6 heteroatoms. The first-order valence-corrected chi connectivity index (χ1v) is 11.4. The molecule has 1 saturated heterocycles. The van der Waals surface area contributed by atoms with Gasteiger partial charge < -0.3 is 9.47 Å². The molecule has 0 aromatic heterocycles. The lowest BCUT2D eigenvalue weighted by atomic mass is 9.93. The fraction of sp³-hybridized carbons (Fsp3) is 0.286. The van der Waals surface area contributed by atoms with Gasteiger partial charge in [-0.15, -0.1) is 0 Å². The summed E-state index contributed by atoms with van der Waals surface area (Å²) in [4.78, 5) is 0. The Balaban J connectivity index is 1.46. The van der Waals surface area contributed by atoms with Gasteiger partial charge in [0.2, 0.25) is 0 Å². The van der Waals surface area contributed by atoms with Crippen LogP contribution in [0.25, 0.3) is 22.3 Å². The minimum Gasteiger partial charge on any atom is -0.348 e. The zero-order chi connectivity index (χ0) is 24.1. The predicted octanol–water partition coefficient (Wildman–Crippen LogP) is 7.12. The van der Waals surface area contributed by atoms with E-state index in [1.165, 1.54) is 18.2 Å². The molecule has 0 aliphatic carbocycles. The Morgan fingerprint density at radius 2 is 1.56 bits per heavy atom. The smallest absolute Gasteiger partial charge is 0.186 e. The van der Waals surface area contributed by atoms with Gasteiger partial charge in [0.1, 0.15) is 5.82 Å². The fourth-order valence-electron chi connectivity index (χ4n) is 4.10. The quantitative estimate of drug-likeness (QED) is 0.275. The van der Waals surface area contributed by atoms with E-state index in [2.05, 4.69) is 6.08 Å². The lowest BCUT2D eigenvalue weighted by molar-refractivity contribution is -0.207. The monoisotopic (exact) mass is 462 g/mol. The van der Waals surface area contributed by atoms with E-state index >= 15 is 0 Å². The van der Waals surface area contributed by atoms with Crippen LogP contribution in [0.1, 0.15) is 37.2 Å². The maximum atomic E-state index is 14.9. The van der Waals surface area contributed by atoms with E-state index in [-0.39, 0.29) is 17.4 Å². The average Bonchev–Trinajstić information content (AvgIpc) is 2.86. The Kier molecular flexibility index (Phi) is 7.91. The molecule has 4 rings (SSSR count). The normalized spacial score (nSPS) is 18.5. The second-order valence-corrected chi connectivity index (χ2v) is 8.43. The molecule has 0 bridgehead atoms. The molecule has 174 valence electrons. The van der Waals surface area contributed by atoms with E-state index < -0.39 is 23.7 Å². The first-order chi connectivity index (χ1) is 16.5. The first-order valence-electron chi connectivity index (χ1n) is 11.4. The molecule has 1 aliphatic heterocycles. The van der Waals surface area contributed by atoms with Crippen LogP contribution in [0.5, 0.6) is 0 Å². The van der Waals surface area contributed by atoms with Crippen LogP contribution < -0.4 is 0 Å². The van der Waals surface area contributed by atoms with Gasteiger partial charge in [0.05, 0.1) is 21.1 Å². The van der Waals surface area contributed by atoms with Crippen LogP contribution >= 0.6 is 0 Å². The Morgan fingerprint density at radius 1 is 0.882 bits per heavy atom. The maximum absolute atomic E-state index is 14.9. The third-order valence-electron chi connectivity index (χ3n) is 6.11. The molecule has 1 fully saturated rings. The van der Waals surface area contributed by atoms with Crippen LogP contribution in [0.4, 0.5) is 13.2 Å². The number of benzene rings is 3. The van der Waals surface area contributed by atoms with Crippen LogP contribution in [0.15, 0.2) is 66.7 Å². The van der Waals surface area contributed by atoms with Crippen molar-refractivity contribution in [2.24, 2.45) is 5.92 Å². The van der Waals surface area contributed by atoms with Gasteiger partial charge in [-0.05, 0) is 48.1 Å². The van der Waals surface area contributed by atoms with Crippen molar-refractivity contribution in [1.82, 2.24) is 0 Å². The molecule has 2 radical (unpaired) electrons. The molecule has 0 saturated carbocycles. The van der Waals surface area contributed by atoms with Gasteiger partial charge in [0.15, 0.2) is 17.9 Å². The van der Waals surface area contributed by atoms with Crippen LogP contribution in [-0.4, -0.2) is 21.1 Å². The van der Waals surface area contributed by atoms with E-state index in [4.69, 9.17) is 17.3 Å². The van der Waals surface area contributed by atoms with Crippen molar-refractivity contribution < 1.29 is 22.6 Å². The molecule has 0 spiro atoms. The highest BCUT2D eigenvalue weighted by atomic mass is 19.2. The van der Waals surface area contributed by atoms with E-state index in [1.807, 2.05) is 13.0 Å². The standard InChI is InChI=1S/C28H26BF3O2/c1-2-3-4-5-18-16-33-28(34-17-18)24-13-10-21(14-25(24)30)19-6-8-20(9-7-19)23-12-11-22(15-29)26(31)27(23)32/h2-3,6-14,18,28H,4-5,15-17H2,1H3/b3-2+. The summed E-state index contributed by atoms with van der Waals surface area (Å²) in [6, 6.07) is 14.8. The van der Waals surface area contributed by atoms with Crippen molar-refractivity contribution in [1.29, 1.82) is 0 Å². The minimum atomic E-state index is -0.932. The number of rotatable bonds is 7. The van der Waals surface area contributed by atoms with E-state index in [9.17, 15) is 13.2 Å². The topological polar surface area (TPSA) is 18.5 Å². The maximum Gasteiger partial charge on any atom is 0.186 e. The van der Waals surface area contributed by atoms with Crippen molar-refractivity contribution in [3.05, 3.63) is 95.3 Å². The second kappa shape index (κ2) is 11.1. The summed E-state index contributed by atoms with van der Waals surface area (Å²) in [5, 5.41) is 0. The van der Waals surface area contributed by atoms with Gasteiger partial charge in [0.25, 0.3) is 0 Å². The summed E-state index contributed by atoms with van der Waals surface area (Å²) in [6.45, 7) is 3.06. The SMILES string of the molecule is [B]Cc1ccc(-c2ccc(-c3ccc(C4OCC(CC/C=C/C)CO4)c(F)c3)cc2)c(F)c1F. The fourth-order valence-corrected chi connectivity index (χ4v) is 4.10. The average molecular weight is 462 g/mol. The van der Waals surface area contributed by atoms with Gasteiger partial charge in [-0.2, -0.15) is 0 Å². The van der Waals surface area contributed by atoms with Gasteiger partial charge in [-0.25, -0.2) is 13.2 Å². The van der Waals surface area contributed by atoms with Crippen molar-refractivity contribution in [2.45, 2.75) is 32.4 Å². The van der Waals surface area contributed by atoms with Crippen LogP contribution in [0.2, 0.25) is 0 Å². The molecule has 34 heavy (non-hydrogen) atoms. The van der Waals surface area contributed by atoms with Gasteiger partial charge in [-0.1, -0.05) is 67.0 Å². The molecule has 3 aromatic rings. The van der Waals surface area contributed by atoms with Crippen molar-refractivity contribution in [3.8, 4) is 22.3 Å². The Morgan fingerprint density at radius 3 is 2.21 bits per heavy atom. The van der Waals surface area contributed by atoms with E-state index in [1.54, 1.807) is 36.4 Å². The summed E-state index contributed by atoms with van der Waals surface area (Å²) in [5.41, 5.74) is 2.58. The van der Waals surface area contributed by atoms with E-state index in [0.717, 1.165) is 18.4 Å². The number of halogens is 3. The molecule has 2 nitrogen and oxygen atoms in total. The van der Waals surface area contributed by atoms with Crippen LogP contribution in [0, 0.1) is 23.4 Å². The second-order valence-electron chi connectivity index (χ2n) is 8.43. The number of ether oxygens (including phenoxy) is 2. The molecule has 1 heterocycles. The third kappa shape index (κ3) is 5.29. The predicted molar refractivity (Wildman–Crippen MR) is 129 cm³/mol. The molecule has 0 unspecified atom stereocenters. The van der Waals surface area contributed by atoms with Gasteiger partial charge >= 0.3 is 0 Å². The van der Waals surface area contributed by atoms with Crippen molar-refractivity contribution >= 4 is 7.85 Å². The minimum absolute atomic E-state index is 0.0718. The summed E-state index contributed by atoms with van der Waals surface area (Å²) in [6.07, 6.45) is 5.29. The highest BCUT2D eigenvalue weighted by Gasteiger charge is 2.25. The van der Waals surface area contributed by atoms with Crippen LogP contribution in [-0.2, 0) is 15.8 Å².